The van der Waals surface area contributed by atoms with Crippen LogP contribution >= 0.6 is 0 Å². The third-order valence-corrected chi connectivity index (χ3v) is 6.08. The minimum atomic E-state index is -1.19. The SMILES string of the molecule is C=CCOC(=O)Cc1cccc(C[C@H](NC(=O)OCC2c3ccccc3-c3ccccc32)C(=O)O)c1. The predicted molar refractivity (Wildman–Crippen MR) is 135 cm³/mol. The normalized spacial score (nSPS) is 12.7. The Balaban J connectivity index is 1.38. The van der Waals surface area contributed by atoms with Crippen molar-refractivity contribution in [3.8, 4) is 11.1 Å². The van der Waals surface area contributed by atoms with Gasteiger partial charge in [-0.05, 0) is 33.4 Å². The van der Waals surface area contributed by atoms with E-state index in [4.69, 9.17) is 9.47 Å². The fourth-order valence-corrected chi connectivity index (χ4v) is 4.45. The average molecular weight is 486 g/mol. The summed E-state index contributed by atoms with van der Waals surface area (Å²) >= 11 is 0. The number of carbonyl (C=O) groups is 3. The molecule has 1 aliphatic rings. The van der Waals surface area contributed by atoms with E-state index in [0.717, 1.165) is 22.3 Å². The van der Waals surface area contributed by atoms with Gasteiger partial charge >= 0.3 is 18.0 Å². The van der Waals surface area contributed by atoms with Crippen molar-refractivity contribution in [3.63, 3.8) is 0 Å². The van der Waals surface area contributed by atoms with Gasteiger partial charge in [0.25, 0.3) is 0 Å². The van der Waals surface area contributed by atoms with Crippen molar-refractivity contribution in [2.45, 2.75) is 24.8 Å². The molecule has 2 N–H and O–H groups in total. The first-order chi connectivity index (χ1) is 17.5. The Morgan fingerprint density at radius 2 is 1.56 bits per heavy atom. The topological polar surface area (TPSA) is 102 Å². The molecule has 3 aromatic rings. The number of esters is 1. The zero-order valence-corrected chi connectivity index (χ0v) is 19.7. The molecule has 184 valence electrons. The van der Waals surface area contributed by atoms with E-state index in [2.05, 4.69) is 11.9 Å². The number of hydrogen-bond donors (Lipinski definition) is 2. The highest BCUT2D eigenvalue weighted by atomic mass is 16.5. The number of fused-ring (bicyclic) bond motifs is 3. The molecule has 0 aromatic heterocycles. The number of nitrogens with one attached hydrogen (secondary N) is 1. The smallest absolute Gasteiger partial charge is 0.407 e. The Kier molecular flexibility index (Phi) is 7.80. The minimum absolute atomic E-state index is 0.0368. The van der Waals surface area contributed by atoms with E-state index in [9.17, 15) is 19.5 Å². The fraction of sp³-hybridized carbons (Fsp3) is 0.207. The van der Waals surface area contributed by atoms with Crippen molar-refractivity contribution in [3.05, 3.63) is 108 Å². The molecule has 0 heterocycles. The number of carbonyl (C=O) groups excluding carboxylic acids is 2. The number of amides is 1. The van der Waals surface area contributed by atoms with Crippen LogP contribution in [0.4, 0.5) is 4.79 Å². The van der Waals surface area contributed by atoms with Gasteiger partial charge in [0.05, 0.1) is 6.42 Å². The zero-order valence-electron chi connectivity index (χ0n) is 19.7. The van der Waals surface area contributed by atoms with Crippen molar-refractivity contribution in [1.29, 1.82) is 0 Å². The molecule has 4 rings (SSSR count). The second kappa shape index (κ2) is 11.4. The van der Waals surface area contributed by atoms with Crippen molar-refractivity contribution in [1.82, 2.24) is 5.32 Å². The number of carboxylic acids is 1. The highest BCUT2D eigenvalue weighted by Gasteiger charge is 2.29. The standard InChI is InChI=1S/C29H27NO6/c1-2-14-35-27(31)17-20-9-7-8-19(15-20)16-26(28(32)33)30-29(34)36-18-25-23-12-5-3-10-21(23)22-11-4-6-13-24(22)25/h2-13,15,25-26H,1,14,16-18H2,(H,30,34)(H,32,33)/t26-/m0/s1. The monoisotopic (exact) mass is 485 g/mol. The first-order valence-electron chi connectivity index (χ1n) is 11.6. The van der Waals surface area contributed by atoms with Gasteiger partial charge in [0.2, 0.25) is 0 Å². The van der Waals surface area contributed by atoms with E-state index >= 15 is 0 Å². The molecule has 0 fully saturated rings. The van der Waals surface area contributed by atoms with Crippen molar-refractivity contribution in [2.75, 3.05) is 13.2 Å². The maximum atomic E-state index is 12.6. The van der Waals surface area contributed by atoms with Gasteiger partial charge in [-0.25, -0.2) is 9.59 Å². The quantitative estimate of drug-likeness (QED) is 0.324. The number of aliphatic carboxylic acids is 1. The van der Waals surface area contributed by atoms with Crippen molar-refractivity contribution in [2.24, 2.45) is 0 Å². The lowest BCUT2D eigenvalue weighted by Gasteiger charge is -2.18. The second-order valence-electron chi connectivity index (χ2n) is 8.53. The van der Waals surface area contributed by atoms with Crippen LogP contribution in [0, 0.1) is 0 Å². The third-order valence-electron chi connectivity index (χ3n) is 6.08. The Hall–Kier alpha value is -4.39. The van der Waals surface area contributed by atoms with Crippen LogP contribution in [0.25, 0.3) is 11.1 Å². The van der Waals surface area contributed by atoms with Gasteiger partial charge in [-0.1, -0.05) is 85.5 Å². The van der Waals surface area contributed by atoms with Crippen LogP contribution in [0.1, 0.15) is 28.2 Å². The number of hydrogen-bond acceptors (Lipinski definition) is 5. The van der Waals surface area contributed by atoms with Gasteiger partial charge < -0.3 is 19.9 Å². The highest BCUT2D eigenvalue weighted by Crippen LogP contribution is 2.44. The van der Waals surface area contributed by atoms with Crippen LogP contribution < -0.4 is 5.32 Å². The van der Waals surface area contributed by atoms with Crippen LogP contribution in [0.15, 0.2) is 85.5 Å². The first-order valence-corrected chi connectivity index (χ1v) is 11.6. The van der Waals surface area contributed by atoms with Crippen molar-refractivity contribution < 1.29 is 29.0 Å². The van der Waals surface area contributed by atoms with Crippen LogP contribution in [0.5, 0.6) is 0 Å². The molecular weight excluding hydrogens is 458 g/mol. The molecular formula is C29H27NO6. The molecule has 0 radical (unpaired) electrons. The molecule has 0 saturated heterocycles. The third kappa shape index (κ3) is 5.81. The molecule has 1 amide bonds. The van der Waals surface area contributed by atoms with Gasteiger partial charge in [0.1, 0.15) is 19.3 Å². The Morgan fingerprint density at radius 3 is 2.19 bits per heavy atom. The fourth-order valence-electron chi connectivity index (χ4n) is 4.45. The molecule has 1 atom stereocenters. The summed E-state index contributed by atoms with van der Waals surface area (Å²) < 4.78 is 10.5. The molecule has 0 bridgehead atoms. The predicted octanol–water partition coefficient (Wildman–Crippen LogP) is 4.49. The van der Waals surface area contributed by atoms with Crippen LogP contribution in [-0.4, -0.2) is 42.4 Å². The van der Waals surface area contributed by atoms with Gasteiger partial charge in [0.15, 0.2) is 0 Å². The van der Waals surface area contributed by atoms with Gasteiger partial charge in [0, 0.05) is 12.3 Å². The molecule has 3 aromatic carbocycles. The molecule has 36 heavy (non-hydrogen) atoms. The lowest BCUT2D eigenvalue weighted by Crippen LogP contribution is -2.42. The summed E-state index contributed by atoms with van der Waals surface area (Å²) in [5.41, 5.74) is 5.72. The van der Waals surface area contributed by atoms with Crippen LogP contribution in [0.3, 0.4) is 0 Å². The van der Waals surface area contributed by atoms with Gasteiger partial charge in [-0.2, -0.15) is 0 Å². The number of carboxylic acid groups (broad SMARTS) is 1. The Labute approximate surface area is 209 Å². The second-order valence-corrected chi connectivity index (χ2v) is 8.53. The number of benzene rings is 3. The number of rotatable bonds is 10. The summed E-state index contributed by atoms with van der Waals surface area (Å²) in [7, 11) is 0. The Bertz CT molecular complexity index is 1240. The maximum absolute atomic E-state index is 12.6. The van der Waals surface area contributed by atoms with E-state index in [1.165, 1.54) is 6.08 Å². The number of ether oxygens (including phenoxy) is 2. The first kappa shape index (κ1) is 24.7. The maximum Gasteiger partial charge on any atom is 0.407 e. The average Bonchev–Trinajstić information content (AvgIpc) is 3.19. The lowest BCUT2D eigenvalue weighted by atomic mass is 9.98. The molecule has 7 heteroatoms. The summed E-state index contributed by atoms with van der Waals surface area (Å²) in [4.78, 5) is 36.3. The zero-order chi connectivity index (χ0) is 25.5. The largest absolute Gasteiger partial charge is 0.480 e. The van der Waals surface area contributed by atoms with Crippen LogP contribution in [-0.2, 0) is 31.9 Å². The molecule has 7 nitrogen and oxygen atoms in total. The van der Waals surface area contributed by atoms with Crippen molar-refractivity contribution >= 4 is 18.0 Å². The molecule has 0 saturated carbocycles. The van der Waals surface area contributed by atoms with Crippen LogP contribution in [0.2, 0.25) is 0 Å². The van der Waals surface area contributed by atoms with E-state index in [0.29, 0.717) is 11.1 Å². The summed E-state index contributed by atoms with van der Waals surface area (Å²) in [6.07, 6.45) is 0.781. The summed E-state index contributed by atoms with van der Waals surface area (Å²) in [5, 5.41) is 12.1. The number of alkyl carbamates (subject to hydrolysis) is 1. The molecule has 0 aliphatic heterocycles. The molecule has 0 unspecified atom stereocenters. The van der Waals surface area contributed by atoms with E-state index < -0.39 is 24.1 Å². The van der Waals surface area contributed by atoms with E-state index in [-0.39, 0.29) is 32.0 Å². The van der Waals surface area contributed by atoms with E-state index in [1.54, 1.807) is 24.3 Å². The Morgan fingerprint density at radius 1 is 0.917 bits per heavy atom. The van der Waals surface area contributed by atoms with E-state index in [1.807, 2.05) is 48.5 Å². The summed E-state index contributed by atoms with van der Waals surface area (Å²) in [6.45, 7) is 3.72. The lowest BCUT2D eigenvalue weighted by molar-refractivity contribution is -0.141. The summed E-state index contributed by atoms with van der Waals surface area (Å²) in [5.74, 6) is -1.71. The molecule has 1 aliphatic carbocycles. The highest BCUT2D eigenvalue weighted by molar-refractivity contribution is 5.81. The van der Waals surface area contributed by atoms with Gasteiger partial charge in [-0.15, -0.1) is 0 Å². The summed E-state index contributed by atoms with van der Waals surface area (Å²) in [6, 6.07) is 21.7. The molecule has 0 spiro atoms. The minimum Gasteiger partial charge on any atom is -0.480 e. The van der Waals surface area contributed by atoms with Gasteiger partial charge in [-0.3, -0.25) is 4.79 Å².